The highest BCUT2D eigenvalue weighted by molar-refractivity contribution is 6.09. The van der Waals surface area contributed by atoms with E-state index in [0.29, 0.717) is 0 Å². The summed E-state index contributed by atoms with van der Waals surface area (Å²) in [7, 11) is 0. The molecule has 10 rings (SSSR count). The molecule has 0 aliphatic carbocycles. The van der Waals surface area contributed by atoms with Gasteiger partial charge >= 0.3 is 0 Å². The number of hydrogen-bond acceptors (Lipinski definition) is 2. The Balaban J connectivity index is 1.01. The fourth-order valence-electron chi connectivity index (χ4n) is 8.05. The lowest BCUT2D eigenvalue weighted by Gasteiger charge is -2.26. The van der Waals surface area contributed by atoms with Gasteiger partial charge in [0.05, 0.1) is 0 Å². The van der Waals surface area contributed by atoms with Gasteiger partial charge in [0.2, 0.25) is 0 Å². The van der Waals surface area contributed by atoms with Gasteiger partial charge in [-0.25, -0.2) is 0 Å². The number of nitrogens with zero attached hydrogens (tertiary/aromatic N) is 1. The van der Waals surface area contributed by atoms with E-state index < -0.39 is 0 Å². The fraction of sp³-hybridized carbons (Fsp3) is 0.0189. The minimum atomic E-state index is 0.908. The molecule has 0 unspecified atom stereocenters. The second-order valence-corrected chi connectivity index (χ2v) is 14.2. The molecule has 1 heterocycles. The van der Waals surface area contributed by atoms with E-state index in [9.17, 15) is 0 Å². The lowest BCUT2D eigenvalue weighted by molar-refractivity contribution is 0.670. The number of hydrogen-bond donors (Lipinski definition) is 0. The molecule has 2 nitrogen and oxygen atoms in total. The Morgan fingerprint density at radius 2 is 0.855 bits per heavy atom. The normalized spacial score (nSPS) is 11.4. The summed E-state index contributed by atoms with van der Waals surface area (Å²) >= 11 is 0. The van der Waals surface area contributed by atoms with Crippen LogP contribution in [0, 0.1) is 6.92 Å². The number of fused-ring (bicyclic) bond motifs is 4. The van der Waals surface area contributed by atoms with Crippen molar-refractivity contribution in [1.82, 2.24) is 0 Å². The predicted octanol–water partition coefficient (Wildman–Crippen LogP) is 15.2. The third kappa shape index (κ3) is 5.95. The monoisotopic (exact) mass is 703 g/mol. The van der Waals surface area contributed by atoms with Crippen LogP contribution in [0.1, 0.15) is 5.56 Å². The lowest BCUT2D eigenvalue weighted by atomic mass is 9.92. The van der Waals surface area contributed by atoms with E-state index in [1.165, 1.54) is 49.7 Å². The van der Waals surface area contributed by atoms with E-state index in [1.807, 2.05) is 12.1 Å². The average molecular weight is 704 g/mol. The van der Waals surface area contributed by atoms with Crippen molar-refractivity contribution in [3.05, 3.63) is 212 Å². The van der Waals surface area contributed by atoms with Crippen molar-refractivity contribution in [2.45, 2.75) is 6.92 Å². The average Bonchev–Trinajstić information content (AvgIpc) is 3.64. The maximum Gasteiger partial charge on any atom is 0.143 e. The van der Waals surface area contributed by atoms with Gasteiger partial charge in [-0.2, -0.15) is 0 Å². The van der Waals surface area contributed by atoms with Crippen molar-refractivity contribution >= 4 is 49.8 Å². The molecule has 9 aromatic carbocycles. The summed E-state index contributed by atoms with van der Waals surface area (Å²) in [6.07, 6.45) is 0. The summed E-state index contributed by atoms with van der Waals surface area (Å²) in [5, 5.41) is 4.81. The molecule has 1 aromatic heterocycles. The first kappa shape index (κ1) is 32.5. The molecule has 10 aromatic rings. The van der Waals surface area contributed by atoms with E-state index >= 15 is 0 Å². The van der Waals surface area contributed by atoms with Gasteiger partial charge in [-0.05, 0) is 105 Å². The van der Waals surface area contributed by atoms with Crippen LogP contribution in [0.4, 0.5) is 17.1 Å². The first-order valence-corrected chi connectivity index (χ1v) is 18.8. The smallest absolute Gasteiger partial charge is 0.143 e. The van der Waals surface area contributed by atoms with Crippen molar-refractivity contribution < 1.29 is 4.42 Å². The van der Waals surface area contributed by atoms with Gasteiger partial charge in [0.25, 0.3) is 0 Å². The van der Waals surface area contributed by atoms with Gasteiger partial charge in [-0.3, -0.25) is 0 Å². The van der Waals surface area contributed by atoms with Gasteiger partial charge in [0, 0.05) is 33.4 Å². The van der Waals surface area contributed by atoms with Gasteiger partial charge in [-0.1, -0.05) is 164 Å². The van der Waals surface area contributed by atoms with Crippen LogP contribution in [-0.4, -0.2) is 0 Å². The van der Waals surface area contributed by atoms with Gasteiger partial charge in [-0.15, -0.1) is 0 Å². The molecule has 0 amide bonds. The van der Waals surface area contributed by atoms with Crippen LogP contribution < -0.4 is 4.90 Å². The van der Waals surface area contributed by atoms with Crippen LogP contribution in [0.25, 0.3) is 77.2 Å². The molecule has 2 heteroatoms. The molecular formula is C53H37NO. The topological polar surface area (TPSA) is 16.4 Å². The molecule has 0 aliphatic rings. The van der Waals surface area contributed by atoms with Crippen molar-refractivity contribution in [3.63, 3.8) is 0 Å². The van der Waals surface area contributed by atoms with Gasteiger partial charge in [0.1, 0.15) is 11.2 Å². The number of rotatable bonds is 7. The second kappa shape index (κ2) is 13.7. The summed E-state index contributed by atoms with van der Waals surface area (Å²) in [5.41, 5.74) is 15.9. The maximum absolute atomic E-state index is 6.39. The number of furan rings is 1. The molecule has 0 atom stereocenters. The first-order valence-electron chi connectivity index (χ1n) is 18.8. The highest BCUT2D eigenvalue weighted by Crippen LogP contribution is 2.40. The van der Waals surface area contributed by atoms with Crippen molar-refractivity contribution in [2.75, 3.05) is 4.90 Å². The van der Waals surface area contributed by atoms with E-state index in [2.05, 4.69) is 206 Å². The molecule has 0 aliphatic heterocycles. The van der Waals surface area contributed by atoms with E-state index in [0.717, 1.165) is 50.1 Å². The lowest BCUT2D eigenvalue weighted by Crippen LogP contribution is -2.09. The largest absolute Gasteiger partial charge is 0.455 e. The summed E-state index contributed by atoms with van der Waals surface area (Å²) in [6.45, 7) is 2.22. The predicted molar refractivity (Wildman–Crippen MR) is 232 cm³/mol. The third-order valence-electron chi connectivity index (χ3n) is 10.8. The standard InChI is InChI=1S/C53H37NO/c1-36-35-42(27-34-46(36)49-18-9-14-40-13-5-6-15-47(40)49)39-23-30-44(31-24-39)54(43-28-21-38(22-29-43)37-11-3-2-4-12-37)45-32-25-41(26-33-45)48-17-10-19-51-50-16-7-8-20-52(50)55-53(48)51/h2-35H,1H3. The molecular weight excluding hydrogens is 667 g/mol. The SMILES string of the molecule is Cc1cc(-c2ccc(N(c3ccc(-c4ccccc4)cc3)c3ccc(-c4cccc5c4oc4ccccc45)cc3)cc2)ccc1-c1cccc2ccccc12. The Kier molecular flexibility index (Phi) is 8.08. The molecule has 0 N–H and O–H groups in total. The fourth-order valence-corrected chi connectivity index (χ4v) is 8.05. The Labute approximate surface area is 321 Å². The van der Waals surface area contributed by atoms with Crippen molar-refractivity contribution in [3.8, 4) is 44.5 Å². The van der Waals surface area contributed by atoms with E-state index in [4.69, 9.17) is 4.42 Å². The summed E-state index contributed by atoms with van der Waals surface area (Å²) < 4.78 is 6.39. The zero-order valence-corrected chi connectivity index (χ0v) is 30.5. The molecule has 0 fully saturated rings. The minimum Gasteiger partial charge on any atom is -0.455 e. The number of para-hydroxylation sites is 2. The molecule has 0 spiro atoms. The zero-order valence-electron chi connectivity index (χ0n) is 30.5. The molecule has 0 saturated heterocycles. The van der Waals surface area contributed by atoms with Crippen molar-refractivity contribution in [2.24, 2.45) is 0 Å². The maximum atomic E-state index is 6.39. The Morgan fingerprint density at radius 3 is 1.56 bits per heavy atom. The third-order valence-corrected chi connectivity index (χ3v) is 10.8. The summed E-state index contributed by atoms with van der Waals surface area (Å²) in [5.74, 6) is 0. The summed E-state index contributed by atoms with van der Waals surface area (Å²) in [6, 6.07) is 73.9. The number of anilines is 3. The van der Waals surface area contributed by atoms with Crippen LogP contribution in [-0.2, 0) is 0 Å². The van der Waals surface area contributed by atoms with Crippen LogP contribution in [0.3, 0.4) is 0 Å². The molecule has 0 bridgehead atoms. The van der Waals surface area contributed by atoms with Gasteiger partial charge < -0.3 is 9.32 Å². The Hall–Kier alpha value is -7.16. The van der Waals surface area contributed by atoms with Gasteiger partial charge in [0.15, 0.2) is 0 Å². The van der Waals surface area contributed by atoms with Crippen LogP contribution in [0.2, 0.25) is 0 Å². The number of benzene rings is 9. The van der Waals surface area contributed by atoms with E-state index in [-0.39, 0.29) is 0 Å². The Morgan fingerprint density at radius 1 is 0.345 bits per heavy atom. The molecule has 260 valence electrons. The quantitative estimate of drug-likeness (QED) is 0.164. The highest BCUT2D eigenvalue weighted by atomic mass is 16.3. The zero-order chi connectivity index (χ0) is 36.7. The van der Waals surface area contributed by atoms with Crippen LogP contribution >= 0.6 is 0 Å². The van der Waals surface area contributed by atoms with Crippen LogP contribution in [0.15, 0.2) is 211 Å². The second-order valence-electron chi connectivity index (χ2n) is 14.2. The minimum absolute atomic E-state index is 0.908. The summed E-state index contributed by atoms with van der Waals surface area (Å²) in [4.78, 5) is 2.33. The molecule has 0 radical (unpaired) electrons. The van der Waals surface area contributed by atoms with E-state index in [1.54, 1.807) is 0 Å². The highest BCUT2D eigenvalue weighted by Gasteiger charge is 2.16. The molecule has 55 heavy (non-hydrogen) atoms. The first-order chi connectivity index (χ1) is 27.2. The number of aryl methyl sites for hydroxylation is 1. The van der Waals surface area contributed by atoms with Crippen molar-refractivity contribution in [1.29, 1.82) is 0 Å². The Bertz CT molecular complexity index is 2950. The molecule has 0 saturated carbocycles. The van der Waals surface area contributed by atoms with Crippen LogP contribution in [0.5, 0.6) is 0 Å².